The average molecular weight is 435 g/mol. The van der Waals surface area contributed by atoms with Crippen LogP contribution >= 0.6 is 22.6 Å². The van der Waals surface area contributed by atoms with E-state index in [1.165, 1.54) is 0 Å². The van der Waals surface area contributed by atoms with E-state index in [1.54, 1.807) is 6.07 Å². The molecule has 0 aliphatic carbocycles. The largest absolute Gasteiger partial charge is 0.489 e. The minimum Gasteiger partial charge on any atom is -0.489 e. The highest BCUT2D eigenvalue weighted by Crippen LogP contribution is 2.30. The van der Waals surface area contributed by atoms with Gasteiger partial charge in [-0.15, -0.1) is 0 Å². The summed E-state index contributed by atoms with van der Waals surface area (Å²) in [7, 11) is 0. The summed E-state index contributed by atoms with van der Waals surface area (Å²) in [5, 5.41) is 3.61. The van der Waals surface area contributed by atoms with Crippen molar-refractivity contribution in [2.24, 2.45) is 5.11 Å². The lowest BCUT2D eigenvalue weighted by molar-refractivity contribution is -0.141. The fraction of sp³-hybridized carbons (Fsp3) is 0.235. The van der Waals surface area contributed by atoms with Crippen molar-refractivity contribution in [3.8, 4) is 5.75 Å². The lowest BCUT2D eigenvalue weighted by Gasteiger charge is -2.11. The van der Waals surface area contributed by atoms with Crippen molar-refractivity contribution in [3.63, 3.8) is 0 Å². The number of rotatable bonds is 5. The molecule has 2 aromatic carbocycles. The molecule has 0 aromatic heterocycles. The third kappa shape index (κ3) is 3.98. The van der Waals surface area contributed by atoms with Crippen LogP contribution in [0.2, 0.25) is 0 Å². The van der Waals surface area contributed by atoms with Crippen LogP contribution in [-0.2, 0) is 16.1 Å². The molecular weight excluding hydrogens is 421 g/mol. The van der Waals surface area contributed by atoms with Crippen molar-refractivity contribution >= 4 is 34.2 Å². The summed E-state index contributed by atoms with van der Waals surface area (Å²) in [5.41, 5.74) is 11.1. The molecule has 1 fully saturated rings. The number of halogens is 1. The van der Waals surface area contributed by atoms with E-state index >= 15 is 0 Å². The summed E-state index contributed by atoms with van der Waals surface area (Å²) in [4.78, 5) is 14.0. The Morgan fingerprint density at radius 1 is 1.29 bits per heavy atom. The summed E-state index contributed by atoms with van der Waals surface area (Å²) in [6.07, 6.45) is 1.07. The SMILES string of the molecule is [N-]=[N+]=Nc1ccc(COc2ccc(C3CCC(=O)O3)cc2)cc1I. The standard InChI is InChI=1S/C17H14IN3O3/c18-14-9-11(1-6-15(14)20-21-19)10-23-13-4-2-12(3-5-13)16-7-8-17(22)24-16/h1-6,9,16H,7-8,10H2. The highest BCUT2D eigenvalue weighted by Gasteiger charge is 2.24. The Labute approximate surface area is 152 Å². The molecule has 0 saturated carbocycles. The maximum Gasteiger partial charge on any atom is 0.306 e. The molecule has 24 heavy (non-hydrogen) atoms. The number of hydrogen-bond donors (Lipinski definition) is 0. The predicted molar refractivity (Wildman–Crippen MR) is 96.8 cm³/mol. The van der Waals surface area contributed by atoms with Gasteiger partial charge in [0.25, 0.3) is 0 Å². The smallest absolute Gasteiger partial charge is 0.306 e. The number of carbonyl (C=O) groups is 1. The molecule has 6 nitrogen and oxygen atoms in total. The zero-order valence-electron chi connectivity index (χ0n) is 12.7. The van der Waals surface area contributed by atoms with Gasteiger partial charge in [-0.2, -0.15) is 0 Å². The van der Waals surface area contributed by atoms with E-state index in [-0.39, 0.29) is 12.1 Å². The normalized spacial score (nSPS) is 16.4. The van der Waals surface area contributed by atoms with Crippen molar-refractivity contribution in [1.29, 1.82) is 0 Å². The number of benzene rings is 2. The lowest BCUT2D eigenvalue weighted by Crippen LogP contribution is -1.99. The van der Waals surface area contributed by atoms with Gasteiger partial charge in [-0.05, 0) is 63.9 Å². The van der Waals surface area contributed by atoms with Gasteiger partial charge in [0.15, 0.2) is 0 Å². The highest BCUT2D eigenvalue weighted by atomic mass is 127. The molecule has 3 rings (SSSR count). The third-order valence-corrected chi connectivity index (χ3v) is 4.57. The molecule has 2 aromatic rings. The van der Waals surface area contributed by atoms with Crippen molar-refractivity contribution < 1.29 is 14.3 Å². The van der Waals surface area contributed by atoms with Crippen molar-refractivity contribution in [2.75, 3.05) is 0 Å². The average Bonchev–Trinajstić information content (AvgIpc) is 3.02. The monoisotopic (exact) mass is 435 g/mol. The Morgan fingerprint density at radius 3 is 2.71 bits per heavy atom. The van der Waals surface area contributed by atoms with Crippen LogP contribution in [0.25, 0.3) is 10.4 Å². The van der Waals surface area contributed by atoms with Gasteiger partial charge in [0.1, 0.15) is 18.5 Å². The maximum atomic E-state index is 11.2. The number of esters is 1. The molecular formula is C17H14IN3O3. The maximum absolute atomic E-state index is 11.2. The van der Waals surface area contributed by atoms with E-state index in [0.717, 1.165) is 26.9 Å². The van der Waals surface area contributed by atoms with Gasteiger partial charge >= 0.3 is 5.97 Å². The second kappa shape index (κ2) is 7.55. The van der Waals surface area contributed by atoms with Crippen LogP contribution in [0.5, 0.6) is 5.75 Å². The predicted octanol–water partition coefficient (Wildman–Crippen LogP) is 5.19. The molecule has 0 N–H and O–H groups in total. The summed E-state index contributed by atoms with van der Waals surface area (Å²) in [5.74, 6) is 0.608. The lowest BCUT2D eigenvalue weighted by atomic mass is 10.1. The van der Waals surface area contributed by atoms with Gasteiger partial charge in [0, 0.05) is 14.9 Å². The molecule has 1 unspecified atom stereocenters. The van der Waals surface area contributed by atoms with Crippen molar-refractivity contribution in [1.82, 2.24) is 0 Å². The Balaban J connectivity index is 1.61. The molecule has 0 bridgehead atoms. The van der Waals surface area contributed by atoms with Crippen LogP contribution in [0.4, 0.5) is 5.69 Å². The Bertz CT molecular complexity index is 801. The van der Waals surface area contributed by atoms with Gasteiger partial charge in [-0.25, -0.2) is 0 Å². The van der Waals surface area contributed by atoms with Crippen molar-refractivity contribution in [3.05, 3.63) is 67.6 Å². The van der Waals surface area contributed by atoms with Crippen LogP contribution < -0.4 is 4.74 Å². The minimum absolute atomic E-state index is 0.138. The molecule has 0 spiro atoms. The zero-order valence-corrected chi connectivity index (χ0v) is 14.8. The fourth-order valence-electron chi connectivity index (χ4n) is 2.48. The summed E-state index contributed by atoms with van der Waals surface area (Å²) in [6, 6.07) is 13.2. The molecule has 1 heterocycles. The van der Waals surface area contributed by atoms with E-state index in [4.69, 9.17) is 15.0 Å². The zero-order chi connectivity index (χ0) is 16.9. The van der Waals surface area contributed by atoms with Crippen LogP contribution in [0.15, 0.2) is 47.6 Å². The number of azide groups is 1. The topological polar surface area (TPSA) is 84.3 Å². The number of hydrogen-bond acceptors (Lipinski definition) is 4. The first-order valence-electron chi connectivity index (χ1n) is 7.41. The summed E-state index contributed by atoms with van der Waals surface area (Å²) in [6.45, 7) is 0.421. The molecule has 1 aliphatic rings. The quantitative estimate of drug-likeness (QED) is 0.213. The van der Waals surface area contributed by atoms with E-state index < -0.39 is 0 Å². The molecule has 7 heteroatoms. The van der Waals surface area contributed by atoms with Crippen LogP contribution in [0.3, 0.4) is 0 Å². The first kappa shape index (κ1) is 16.6. The second-order valence-electron chi connectivity index (χ2n) is 5.35. The first-order valence-corrected chi connectivity index (χ1v) is 8.49. The first-order chi connectivity index (χ1) is 11.7. The Kier molecular flexibility index (Phi) is 5.22. The molecule has 1 atom stereocenters. The molecule has 0 amide bonds. The van der Waals surface area contributed by atoms with Gasteiger partial charge in [-0.3, -0.25) is 4.79 Å². The number of carbonyl (C=O) groups excluding carboxylic acids is 1. The minimum atomic E-state index is -0.140. The molecule has 1 aliphatic heterocycles. The fourth-order valence-corrected chi connectivity index (χ4v) is 3.16. The van der Waals surface area contributed by atoms with E-state index in [0.29, 0.717) is 18.7 Å². The number of cyclic esters (lactones) is 1. The second-order valence-corrected chi connectivity index (χ2v) is 6.51. The molecule has 1 saturated heterocycles. The van der Waals surface area contributed by atoms with Crippen LogP contribution in [-0.4, -0.2) is 5.97 Å². The van der Waals surface area contributed by atoms with E-state index in [1.807, 2.05) is 36.4 Å². The van der Waals surface area contributed by atoms with Gasteiger partial charge in [0.05, 0.1) is 5.69 Å². The number of ether oxygens (including phenoxy) is 2. The van der Waals surface area contributed by atoms with Gasteiger partial charge < -0.3 is 9.47 Å². The van der Waals surface area contributed by atoms with Crippen LogP contribution in [0.1, 0.15) is 30.1 Å². The Hall–Kier alpha value is -2.25. The third-order valence-electron chi connectivity index (χ3n) is 3.71. The van der Waals surface area contributed by atoms with E-state index in [2.05, 4.69) is 32.6 Å². The van der Waals surface area contributed by atoms with Crippen molar-refractivity contribution in [2.45, 2.75) is 25.6 Å². The highest BCUT2D eigenvalue weighted by molar-refractivity contribution is 14.1. The summed E-state index contributed by atoms with van der Waals surface area (Å²) >= 11 is 2.13. The van der Waals surface area contributed by atoms with E-state index in [9.17, 15) is 4.79 Å². The molecule has 122 valence electrons. The summed E-state index contributed by atoms with van der Waals surface area (Å²) < 4.78 is 11.9. The Morgan fingerprint density at radius 2 is 2.08 bits per heavy atom. The van der Waals surface area contributed by atoms with Gasteiger partial charge in [-0.1, -0.05) is 29.4 Å². The van der Waals surface area contributed by atoms with Crippen LogP contribution in [0, 0.1) is 3.57 Å². The molecule has 0 radical (unpaired) electrons. The van der Waals surface area contributed by atoms with Gasteiger partial charge in [0.2, 0.25) is 0 Å². The number of nitrogens with zero attached hydrogens (tertiary/aromatic N) is 3.